The van der Waals surface area contributed by atoms with E-state index in [1.807, 2.05) is 0 Å². The van der Waals surface area contributed by atoms with Gasteiger partial charge in [0.1, 0.15) is 0 Å². The number of sulfone groups is 1. The van der Waals surface area contributed by atoms with Crippen LogP contribution in [0, 0.1) is 0 Å². The van der Waals surface area contributed by atoms with Crippen LogP contribution in [0.1, 0.15) is 6.92 Å². The summed E-state index contributed by atoms with van der Waals surface area (Å²) in [5, 5.41) is 0. The Morgan fingerprint density at radius 1 is 0.857 bits per heavy atom. The van der Waals surface area contributed by atoms with Crippen molar-refractivity contribution in [3.8, 4) is 0 Å². The molecule has 7 heteroatoms. The van der Waals surface area contributed by atoms with Gasteiger partial charge in [-0.3, -0.25) is 4.72 Å². The van der Waals surface area contributed by atoms with Crippen LogP contribution in [-0.4, -0.2) is 22.6 Å². The van der Waals surface area contributed by atoms with Gasteiger partial charge in [-0.2, -0.15) is 0 Å². The first-order chi connectivity index (χ1) is 9.87. The summed E-state index contributed by atoms with van der Waals surface area (Å²) in [6, 6.07) is 13.8. The number of nitrogens with one attached hydrogen (secondary N) is 1. The van der Waals surface area contributed by atoms with Crippen molar-refractivity contribution in [2.24, 2.45) is 0 Å². The average molecular weight is 325 g/mol. The summed E-state index contributed by atoms with van der Waals surface area (Å²) in [5.74, 6) is -0.100. The summed E-state index contributed by atoms with van der Waals surface area (Å²) in [6.07, 6.45) is 0. The molecule has 0 heterocycles. The van der Waals surface area contributed by atoms with Crippen molar-refractivity contribution in [1.82, 2.24) is 0 Å². The van der Waals surface area contributed by atoms with E-state index in [4.69, 9.17) is 0 Å². The summed E-state index contributed by atoms with van der Waals surface area (Å²) in [4.78, 5) is 0.0562. The summed E-state index contributed by atoms with van der Waals surface area (Å²) in [5.41, 5.74) is 0.0585. The van der Waals surface area contributed by atoms with Crippen LogP contribution >= 0.6 is 0 Å². The lowest BCUT2D eigenvalue weighted by atomic mass is 10.3. The van der Waals surface area contributed by atoms with Crippen molar-refractivity contribution >= 4 is 25.5 Å². The van der Waals surface area contributed by atoms with Gasteiger partial charge in [0, 0.05) is 0 Å². The van der Waals surface area contributed by atoms with Gasteiger partial charge in [0.2, 0.25) is 0 Å². The molecule has 0 saturated carbocycles. The second-order valence-electron chi connectivity index (χ2n) is 4.32. The summed E-state index contributed by atoms with van der Waals surface area (Å²) < 4.78 is 50.9. The highest BCUT2D eigenvalue weighted by Gasteiger charge is 2.20. The molecule has 0 aliphatic rings. The number of hydrogen-bond acceptors (Lipinski definition) is 4. The van der Waals surface area contributed by atoms with Crippen LogP contribution in [0.3, 0.4) is 0 Å². The second kappa shape index (κ2) is 5.87. The zero-order valence-electron chi connectivity index (χ0n) is 11.4. The molecule has 0 bridgehead atoms. The Balaban J connectivity index is 2.47. The van der Waals surface area contributed by atoms with E-state index in [2.05, 4.69) is 4.72 Å². The largest absolute Gasteiger partial charge is 0.278 e. The molecule has 2 aromatic carbocycles. The molecular weight excluding hydrogens is 310 g/mol. The smallest absolute Gasteiger partial charge is 0.261 e. The fourth-order valence-electron chi connectivity index (χ4n) is 1.78. The lowest BCUT2D eigenvalue weighted by Gasteiger charge is -2.12. The van der Waals surface area contributed by atoms with Crippen molar-refractivity contribution in [1.29, 1.82) is 0 Å². The Kier molecular flexibility index (Phi) is 4.34. The van der Waals surface area contributed by atoms with Gasteiger partial charge in [0.15, 0.2) is 9.84 Å². The maximum atomic E-state index is 12.3. The molecule has 0 spiro atoms. The summed E-state index contributed by atoms with van der Waals surface area (Å²) in [7, 11) is -7.33. The van der Waals surface area contributed by atoms with Gasteiger partial charge in [-0.1, -0.05) is 37.3 Å². The number of para-hydroxylation sites is 1. The minimum Gasteiger partial charge on any atom is -0.278 e. The normalized spacial score (nSPS) is 12.0. The first-order valence-corrected chi connectivity index (χ1v) is 9.40. The Bertz CT molecular complexity index is 828. The maximum absolute atomic E-state index is 12.3. The predicted molar refractivity (Wildman–Crippen MR) is 81.4 cm³/mol. The van der Waals surface area contributed by atoms with Crippen molar-refractivity contribution < 1.29 is 16.8 Å². The van der Waals surface area contributed by atoms with E-state index in [0.29, 0.717) is 0 Å². The Morgan fingerprint density at radius 2 is 1.43 bits per heavy atom. The second-order valence-corrected chi connectivity index (χ2v) is 8.25. The Hall–Kier alpha value is -1.86. The first kappa shape index (κ1) is 15.5. The molecule has 0 saturated heterocycles. The Labute approximate surface area is 124 Å². The zero-order valence-corrected chi connectivity index (χ0v) is 13.0. The van der Waals surface area contributed by atoms with E-state index in [-0.39, 0.29) is 21.2 Å². The van der Waals surface area contributed by atoms with Gasteiger partial charge in [-0.05, 0) is 24.3 Å². The van der Waals surface area contributed by atoms with Gasteiger partial charge < -0.3 is 0 Å². The molecule has 0 aliphatic heterocycles. The topological polar surface area (TPSA) is 80.3 Å². The highest BCUT2D eigenvalue weighted by molar-refractivity contribution is 7.93. The van der Waals surface area contributed by atoms with E-state index >= 15 is 0 Å². The van der Waals surface area contributed by atoms with Gasteiger partial charge >= 0.3 is 0 Å². The minimum atomic E-state index is -3.82. The number of sulfonamides is 1. The number of hydrogen-bond donors (Lipinski definition) is 1. The summed E-state index contributed by atoms with van der Waals surface area (Å²) >= 11 is 0. The van der Waals surface area contributed by atoms with Crippen molar-refractivity contribution in [3.63, 3.8) is 0 Å². The molecule has 0 amide bonds. The third-order valence-corrected chi connectivity index (χ3v) is 6.07. The minimum absolute atomic E-state index is 0.0213. The zero-order chi connectivity index (χ0) is 15.5. The van der Waals surface area contributed by atoms with Gasteiger partial charge in [-0.15, -0.1) is 0 Å². The molecule has 0 atom stereocenters. The lowest BCUT2D eigenvalue weighted by molar-refractivity contribution is 0.597. The molecule has 2 rings (SSSR count). The number of anilines is 1. The van der Waals surface area contributed by atoms with Crippen LogP contribution < -0.4 is 4.72 Å². The third kappa shape index (κ3) is 3.43. The van der Waals surface area contributed by atoms with Crippen LogP contribution in [-0.2, 0) is 19.9 Å². The molecule has 0 radical (unpaired) electrons. The lowest BCUT2D eigenvalue weighted by Crippen LogP contribution is -2.16. The SMILES string of the molecule is CCS(=O)(=O)c1ccccc1NS(=O)(=O)c1ccccc1. The van der Waals surface area contributed by atoms with Gasteiger partial charge in [0.25, 0.3) is 10.0 Å². The fourth-order valence-corrected chi connectivity index (χ4v) is 4.00. The van der Waals surface area contributed by atoms with E-state index in [9.17, 15) is 16.8 Å². The molecule has 1 N–H and O–H groups in total. The molecule has 0 aliphatic carbocycles. The van der Waals surface area contributed by atoms with Crippen molar-refractivity contribution in [3.05, 3.63) is 54.6 Å². The highest BCUT2D eigenvalue weighted by Crippen LogP contribution is 2.24. The highest BCUT2D eigenvalue weighted by atomic mass is 32.2. The quantitative estimate of drug-likeness (QED) is 0.914. The first-order valence-electron chi connectivity index (χ1n) is 6.26. The fraction of sp³-hybridized carbons (Fsp3) is 0.143. The van der Waals surface area contributed by atoms with Gasteiger partial charge in [0.05, 0.1) is 21.2 Å². The molecule has 112 valence electrons. The van der Waals surface area contributed by atoms with Crippen molar-refractivity contribution in [2.45, 2.75) is 16.7 Å². The van der Waals surface area contributed by atoms with Crippen LogP contribution in [0.15, 0.2) is 64.4 Å². The van der Waals surface area contributed by atoms with Crippen LogP contribution in [0.5, 0.6) is 0 Å². The standard InChI is InChI=1S/C14H15NO4S2/c1-2-20(16,17)14-11-7-6-10-13(14)15-21(18,19)12-8-4-3-5-9-12/h3-11,15H,2H2,1H3. The molecular formula is C14H15NO4S2. The maximum Gasteiger partial charge on any atom is 0.261 e. The molecule has 21 heavy (non-hydrogen) atoms. The van der Waals surface area contributed by atoms with E-state index in [1.54, 1.807) is 30.3 Å². The molecule has 2 aromatic rings. The average Bonchev–Trinajstić information content (AvgIpc) is 2.48. The summed E-state index contributed by atoms with van der Waals surface area (Å²) in [6.45, 7) is 1.51. The number of benzene rings is 2. The third-order valence-electron chi connectivity index (χ3n) is 2.90. The van der Waals surface area contributed by atoms with Crippen LogP contribution in [0.25, 0.3) is 0 Å². The Morgan fingerprint density at radius 3 is 2.05 bits per heavy atom. The molecule has 5 nitrogen and oxygen atoms in total. The van der Waals surface area contributed by atoms with E-state index in [0.717, 1.165) is 0 Å². The van der Waals surface area contributed by atoms with E-state index in [1.165, 1.54) is 31.2 Å². The van der Waals surface area contributed by atoms with Gasteiger partial charge in [-0.25, -0.2) is 16.8 Å². The van der Waals surface area contributed by atoms with E-state index < -0.39 is 19.9 Å². The van der Waals surface area contributed by atoms with Crippen LogP contribution in [0.2, 0.25) is 0 Å². The molecule has 0 unspecified atom stereocenters. The number of rotatable bonds is 5. The van der Waals surface area contributed by atoms with Crippen molar-refractivity contribution in [2.75, 3.05) is 10.5 Å². The monoisotopic (exact) mass is 325 g/mol. The molecule has 0 fully saturated rings. The molecule has 0 aromatic heterocycles. The van der Waals surface area contributed by atoms with Crippen LogP contribution in [0.4, 0.5) is 5.69 Å². The predicted octanol–water partition coefficient (Wildman–Crippen LogP) is 2.28.